The first-order valence-corrected chi connectivity index (χ1v) is 26.3. The van der Waals surface area contributed by atoms with Crippen LogP contribution >= 0.6 is 22.2 Å². The third-order valence-electron chi connectivity index (χ3n) is 12.3. The quantitative estimate of drug-likeness (QED) is 0.0938. The van der Waals surface area contributed by atoms with Gasteiger partial charge in [-0.2, -0.15) is 0 Å². The largest absolute Gasteiger partial charge is 0.250 e. The van der Waals surface area contributed by atoms with Crippen LogP contribution in [0.25, 0.3) is 54.2 Å². The van der Waals surface area contributed by atoms with Gasteiger partial charge < -0.3 is 0 Å². The SMILES string of the molecule is CC(C)(C)c1ccc2c(c1)[cH-]c1c(C3=CC=CC3)c(C(C)(C)C)ccc12.CC(C)(C)c1ccc2c(c1)[cH-]c1c(C3=CC=CC3)c(C(C)(C)C)ccc12.CC[Si](Cl)(Cl)CC.[Hf]. The minimum absolute atomic E-state index is 0. The molecule has 8 rings (SSSR count). The molecular formula is C56H68Cl2HfSi-2. The van der Waals surface area contributed by atoms with Crippen molar-refractivity contribution in [1.29, 1.82) is 0 Å². The molecule has 0 saturated carbocycles. The van der Waals surface area contributed by atoms with Crippen LogP contribution in [0.2, 0.25) is 12.1 Å². The molecule has 0 aromatic heterocycles. The van der Waals surface area contributed by atoms with Crippen molar-refractivity contribution in [2.24, 2.45) is 0 Å². The molecule has 0 spiro atoms. The summed E-state index contributed by atoms with van der Waals surface area (Å²) in [4.78, 5) is 0. The molecule has 0 aliphatic heterocycles. The summed E-state index contributed by atoms with van der Waals surface area (Å²) in [7, 11) is 0. The summed E-state index contributed by atoms with van der Waals surface area (Å²) in [6, 6.07) is 30.2. The molecule has 0 bridgehead atoms. The summed E-state index contributed by atoms with van der Waals surface area (Å²) in [5, 5.41) is 11.1. The molecule has 0 atom stereocenters. The van der Waals surface area contributed by atoms with Crippen molar-refractivity contribution in [3.05, 3.63) is 143 Å². The van der Waals surface area contributed by atoms with Crippen LogP contribution in [-0.2, 0) is 47.5 Å². The van der Waals surface area contributed by atoms with E-state index in [1.54, 1.807) is 0 Å². The molecule has 0 N–H and O–H groups in total. The first-order valence-electron chi connectivity index (χ1n) is 21.9. The van der Waals surface area contributed by atoms with E-state index in [9.17, 15) is 0 Å². The molecule has 6 aromatic carbocycles. The summed E-state index contributed by atoms with van der Waals surface area (Å²) in [6.45, 7) is 30.0. The monoisotopic (exact) mass is 1020 g/mol. The van der Waals surface area contributed by atoms with E-state index in [1.807, 2.05) is 13.8 Å². The van der Waals surface area contributed by atoms with Gasteiger partial charge >= 0.3 is 0 Å². The fraction of sp³-hybridized carbons (Fsp3) is 0.393. The summed E-state index contributed by atoms with van der Waals surface area (Å²) >= 11 is 11.6. The number of benzene rings is 4. The topological polar surface area (TPSA) is 0 Å². The van der Waals surface area contributed by atoms with E-state index < -0.39 is 6.69 Å². The van der Waals surface area contributed by atoms with Gasteiger partial charge in [-0.3, -0.25) is 0 Å². The second kappa shape index (κ2) is 18.2. The molecule has 316 valence electrons. The van der Waals surface area contributed by atoms with E-state index in [1.165, 1.54) is 87.6 Å². The van der Waals surface area contributed by atoms with Gasteiger partial charge in [0.1, 0.15) is 0 Å². The van der Waals surface area contributed by atoms with Gasteiger partial charge in [0.15, 0.2) is 0 Å². The van der Waals surface area contributed by atoms with Crippen molar-refractivity contribution in [3.8, 4) is 0 Å². The molecule has 0 radical (unpaired) electrons. The van der Waals surface area contributed by atoms with E-state index >= 15 is 0 Å². The number of hydrogen-bond donors (Lipinski definition) is 0. The fourth-order valence-electron chi connectivity index (χ4n) is 8.56. The number of allylic oxidation sites excluding steroid dienone is 8. The Balaban J connectivity index is 0.000000194. The Morgan fingerprint density at radius 2 is 0.850 bits per heavy atom. The molecular weight excluding hydrogens is 950 g/mol. The smallest absolute Gasteiger partial charge is 0.146 e. The standard InChI is InChI=1S/2C26H29.C4H10Cl2Si.Hf/c2*1-25(2,3)19-11-12-20-18(15-19)16-22-21(20)13-14-23(26(4,5)6)24(22)17-9-7-8-10-17;1-3-7(5,6)4-2;/h2*7-9,11-16H,10H2,1-6H3;3-4H2,1-2H3;/q2*-1;;. The Hall–Kier alpha value is -2.75. The summed E-state index contributed by atoms with van der Waals surface area (Å²) in [5.41, 5.74) is 12.1. The van der Waals surface area contributed by atoms with Crippen LogP contribution in [0.1, 0.15) is 143 Å². The van der Waals surface area contributed by atoms with Gasteiger partial charge in [-0.1, -0.05) is 226 Å². The Morgan fingerprint density at radius 3 is 1.12 bits per heavy atom. The average Bonchev–Trinajstić information content (AvgIpc) is 3.99. The van der Waals surface area contributed by atoms with Crippen molar-refractivity contribution >= 4 is 83.1 Å². The van der Waals surface area contributed by atoms with Crippen molar-refractivity contribution in [3.63, 3.8) is 0 Å². The van der Waals surface area contributed by atoms with Crippen molar-refractivity contribution < 1.29 is 25.8 Å². The van der Waals surface area contributed by atoms with Gasteiger partial charge in [0.25, 0.3) is 6.69 Å². The van der Waals surface area contributed by atoms with Crippen LogP contribution < -0.4 is 0 Å². The van der Waals surface area contributed by atoms with Crippen LogP contribution in [0.5, 0.6) is 0 Å². The average molecular weight is 1020 g/mol. The van der Waals surface area contributed by atoms with E-state index in [0.717, 1.165) is 24.9 Å². The summed E-state index contributed by atoms with van der Waals surface area (Å²) in [5.74, 6) is 0. The molecule has 0 saturated heterocycles. The van der Waals surface area contributed by atoms with Crippen LogP contribution in [0.4, 0.5) is 0 Å². The van der Waals surface area contributed by atoms with Gasteiger partial charge in [-0.25, -0.2) is 0 Å². The maximum atomic E-state index is 5.81. The molecule has 0 nitrogen and oxygen atoms in total. The molecule has 0 unspecified atom stereocenters. The summed E-state index contributed by atoms with van der Waals surface area (Å²) in [6.07, 6.45) is 15.6. The molecule has 0 heterocycles. The predicted octanol–water partition coefficient (Wildman–Crippen LogP) is 18.2. The van der Waals surface area contributed by atoms with E-state index in [-0.39, 0.29) is 47.5 Å². The second-order valence-corrected chi connectivity index (χ2v) is 29.1. The molecule has 0 amide bonds. The Bertz CT molecular complexity index is 2440. The zero-order valence-electron chi connectivity index (χ0n) is 39.0. The zero-order valence-corrected chi connectivity index (χ0v) is 45.1. The van der Waals surface area contributed by atoms with Crippen LogP contribution in [0.15, 0.2) is 109 Å². The maximum absolute atomic E-state index is 5.81. The third kappa shape index (κ3) is 10.4. The number of fused-ring (bicyclic) bond motifs is 6. The molecule has 4 heteroatoms. The van der Waals surface area contributed by atoms with E-state index in [2.05, 4.69) is 192 Å². The predicted molar refractivity (Wildman–Crippen MR) is 271 cm³/mol. The van der Waals surface area contributed by atoms with Gasteiger partial charge in [0.2, 0.25) is 0 Å². The van der Waals surface area contributed by atoms with E-state index in [4.69, 9.17) is 22.2 Å². The van der Waals surface area contributed by atoms with Gasteiger partial charge in [-0.05, 0) is 46.6 Å². The third-order valence-corrected chi connectivity index (χ3v) is 17.6. The summed E-state index contributed by atoms with van der Waals surface area (Å²) < 4.78 is 0. The Kier molecular flexibility index (Phi) is 14.6. The fourth-order valence-corrected chi connectivity index (χ4v) is 9.06. The minimum Gasteiger partial charge on any atom is -0.146 e. The van der Waals surface area contributed by atoms with Crippen LogP contribution in [-0.4, -0.2) is 6.69 Å². The first kappa shape index (κ1) is 48.3. The molecule has 60 heavy (non-hydrogen) atoms. The van der Waals surface area contributed by atoms with Crippen LogP contribution in [0, 0.1) is 0 Å². The number of rotatable bonds is 4. The normalized spacial score (nSPS) is 14.6. The maximum Gasteiger partial charge on any atom is 0.250 e. The number of hydrogen-bond acceptors (Lipinski definition) is 0. The number of halogens is 2. The van der Waals surface area contributed by atoms with Crippen LogP contribution in [0.3, 0.4) is 0 Å². The molecule has 2 aliphatic rings. The first-order chi connectivity index (χ1) is 27.4. The van der Waals surface area contributed by atoms with E-state index in [0.29, 0.717) is 0 Å². The minimum atomic E-state index is -1.71. The second-order valence-electron chi connectivity index (χ2n) is 21.0. The Morgan fingerprint density at radius 1 is 0.500 bits per heavy atom. The van der Waals surface area contributed by atoms with Crippen molar-refractivity contribution in [2.45, 2.75) is 144 Å². The van der Waals surface area contributed by atoms with Gasteiger partial charge in [0.05, 0.1) is 0 Å². The Labute approximate surface area is 392 Å². The van der Waals surface area contributed by atoms with Crippen molar-refractivity contribution in [1.82, 2.24) is 0 Å². The van der Waals surface area contributed by atoms with Crippen molar-refractivity contribution in [2.75, 3.05) is 0 Å². The molecule has 0 fully saturated rings. The zero-order chi connectivity index (χ0) is 43.3. The van der Waals surface area contributed by atoms with Gasteiger partial charge in [-0.15, -0.1) is 89.5 Å². The van der Waals surface area contributed by atoms with Gasteiger partial charge in [0, 0.05) is 25.8 Å². The molecule has 6 aromatic rings. The molecule has 2 aliphatic carbocycles.